The van der Waals surface area contributed by atoms with Crippen molar-refractivity contribution in [1.82, 2.24) is 4.90 Å². The van der Waals surface area contributed by atoms with Gasteiger partial charge in [-0.2, -0.15) is 13.2 Å². The van der Waals surface area contributed by atoms with E-state index in [1.165, 1.54) is 0 Å². The molecular weight excluding hydrogens is 381 g/mol. The molecule has 1 aromatic carbocycles. The molecule has 0 unspecified atom stereocenters. The SMILES string of the molecule is CC(C)(C)OC(=O)N1CCC(C2CCN(c3ccc(C(F)(F)F)cc3)CC2)CC1. The minimum absolute atomic E-state index is 0.229. The molecule has 4 nitrogen and oxygen atoms in total. The van der Waals surface area contributed by atoms with Gasteiger partial charge in [-0.25, -0.2) is 4.79 Å². The third kappa shape index (κ3) is 5.80. The molecule has 7 heteroatoms. The van der Waals surface area contributed by atoms with Crippen LogP contribution in [0.1, 0.15) is 52.0 Å². The topological polar surface area (TPSA) is 32.8 Å². The van der Waals surface area contributed by atoms with Gasteiger partial charge in [-0.3, -0.25) is 0 Å². The van der Waals surface area contributed by atoms with Crippen molar-refractivity contribution in [2.24, 2.45) is 11.8 Å². The van der Waals surface area contributed by atoms with Crippen molar-refractivity contribution in [2.75, 3.05) is 31.1 Å². The number of nitrogens with zero attached hydrogens (tertiary/aromatic N) is 2. The van der Waals surface area contributed by atoms with Gasteiger partial charge < -0.3 is 14.5 Å². The monoisotopic (exact) mass is 412 g/mol. The zero-order valence-electron chi connectivity index (χ0n) is 17.5. The largest absolute Gasteiger partial charge is 0.444 e. The molecule has 0 bridgehead atoms. The number of hydrogen-bond acceptors (Lipinski definition) is 3. The normalized spacial score (nSPS) is 20.1. The number of halogens is 3. The molecule has 162 valence electrons. The first-order chi connectivity index (χ1) is 13.5. The lowest BCUT2D eigenvalue weighted by molar-refractivity contribution is -0.137. The summed E-state index contributed by atoms with van der Waals surface area (Å²) in [5, 5.41) is 0. The van der Waals surface area contributed by atoms with E-state index in [2.05, 4.69) is 4.90 Å². The lowest BCUT2D eigenvalue weighted by Crippen LogP contribution is -2.44. The Balaban J connectivity index is 1.46. The first-order valence-corrected chi connectivity index (χ1v) is 10.4. The van der Waals surface area contributed by atoms with Gasteiger partial charge in [0, 0.05) is 31.9 Å². The number of likely N-dealkylation sites (tertiary alicyclic amines) is 1. The highest BCUT2D eigenvalue weighted by atomic mass is 19.4. The van der Waals surface area contributed by atoms with E-state index >= 15 is 0 Å². The molecule has 0 radical (unpaired) electrons. The quantitative estimate of drug-likeness (QED) is 0.637. The van der Waals surface area contributed by atoms with Gasteiger partial charge >= 0.3 is 12.3 Å². The first kappa shape index (κ1) is 21.8. The number of alkyl halides is 3. The summed E-state index contributed by atoms with van der Waals surface area (Å²) in [4.78, 5) is 16.2. The van der Waals surface area contributed by atoms with Crippen LogP contribution in [0.15, 0.2) is 24.3 Å². The Morgan fingerprint density at radius 1 is 0.897 bits per heavy atom. The molecular formula is C22H31F3N2O2. The fourth-order valence-corrected chi connectivity index (χ4v) is 4.37. The van der Waals surface area contributed by atoms with Gasteiger partial charge in [0.2, 0.25) is 0 Å². The highest BCUT2D eigenvalue weighted by Crippen LogP contribution is 2.35. The maximum Gasteiger partial charge on any atom is 0.416 e. The third-order valence-electron chi connectivity index (χ3n) is 5.96. The van der Waals surface area contributed by atoms with Gasteiger partial charge in [0.05, 0.1) is 5.56 Å². The second-order valence-electron chi connectivity index (χ2n) is 9.17. The average Bonchev–Trinajstić information content (AvgIpc) is 2.66. The number of ether oxygens (including phenoxy) is 1. The molecule has 0 N–H and O–H groups in total. The maximum absolute atomic E-state index is 12.7. The van der Waals surface area contributed by atoms with Crippen molar-refractivity contribution in [3.05, 3.63) is 29.8 Å². The Morgan fingerprint density at radius 3 is 1.83 bits per heavy atom. The Bertz CT molecular complexity index is 681. The summed E-state index contributed by atoms with van der Waals surface area (Å²) >= 11 is 0. The average molecular weight is 412 g/mol. The smallest absolute Gasteiger partial charge is 0.416 e. The van der Waals surface area contributed by atoms with Crippen molar-refractivity contribution in [1.29, 1.82) is 0 Å². The van der Waals surface area contributed by atoms with Crippen LogP contribution in [0.3, 0.4) is 0 Å². The molecule has 1 aromatic rings. The van der Waals surface area contributed by atoms with E-state index in [4.69, 9.17) is 4.74 Å². The van der Waals surface area contributed by atoms with Crippen molar-refractivity contribution in [3.8, 4) is 0 Å². The Kier molecular flexibility index (Phi) is 6.34. The zero-order chi connectivity index (χ0) is 21.2. The van der Waals surface area contributed by atoms with Crippen molar-refractivity contribution >= 4 is 11.8 Å². The van der Waals surface area contributed by atoms with E-state index < -0.39 is 17.3 Å². The summed E-state index contributed by atoms with van der Waals surface area (Å²) in [6.45, 7) is 8.83. The van der Waals surface area contributed by atoms with E-state index in [1.807, 2.05) is 20.8 Å². The highest BCUT2D eigenvalue weighted by Gasteiger charge is 2.33. The molecule has 3 rings (SSSR count). The summed E-state index contributed by atoms with van der Waals surface area (Å²) in [5.41, 5.74) is -0.219. The van der Waals surface area contributed by atoms with Crippen LogP contribution < -0.4 is 4.90 Å². The zero-order valence-corrected chi connectivity index (χ0v) is 17.5. The van der Waals surface area contributed by atoms with Crippen LogP contribution in [-0.2, 0) is 10.9 Å². The Labute approximate surface area is 171 Å². The van der Waals surface area contributed by atoms with Crippen molar-refractivity contribution in [2.45, 2.75) is 58.2 Å². The van der Waals surface area contributed by atoms with E-state index in [0.29, 0.717) is 11.8 Å². The Hall–Kier alpha value is -1.92. The summed E-state index contributed by atoms with van der Waals surface area (Å²) < 4.78 is 43.7. The van der Waals surface area contributed by atoms with Crippen LogP contribution in [0.5, 0.6) is 0 Å². The van der Waals surface area contributed by atoms with Gasteiger partial charge in [0.15, 0.2) is 0 Å². The van der Waals surface area contributed by atoms with Gasteiger partial charge in [-0.05, 0) is 82.6 Å². The molecule has 2 fully saturated rings. The van der Waals surface area contributed by atoms with Crippen molar-refractivity contribution in [3.63, 3.8) is 0 Å². The minimum atomic E-state index is -4.29. The van der Waals surface area contributed by atoms with Gasteiger partial charge in [-0.15, -0.1) is 0 Å². The molecule has 2 heterocycles. The Morgan fingerprint density at radius 2 is 1.38 bits per heavy atom. The second kappa shape index (κ2) is 8.44. The predicted octanol–water partition coefficient (Wildman–Crippen LogP) is 5.57. The minimum Gasteiger partial charge on any atom is -0.444 e. The summed E-state index contributed by atoms with van der Waals surface area (Å²) in [5.74, 6) is 1.21. The van der Waals surface area contributed by atoms with Gasteiger partial charge in [0.1, 0.15) is 5.60 Å². The molecule has 0 saturated carbocycles. The number of amides is 1. The van der Waals surface area contributed by atoms with Gasteiger partial charge in [0.25, 0.3) is 0 Å². The fraction of sp³-hybridized carbons (Fsp3) is 0.682. The molecule has 1 amide bonds. The lowest BCUT2D eigenvalue weighted by atomic mass is 9.79. The van der Waals surface area contributed by atoms with Crippen LogP contribution in [0.25, 0.3) is 0 Å². The van der Waals surface area contributed by atoms with Crippen LogP contribution in [0.4, 0.5) is 23.7 Å². The van der Waals surface area contributed by atoms with E-state index in [1.54, 1.807) is 17.0 Å². The highest BCUT2D eigenvalue weighted by molar-refractivity contribution is 5.68. The molecule has 29 heavy (non-hydrogen) atoms. The van der Waals surface area contributed by atoms with Crippen LogP contribution in [0.2, 0.25) is 0 Å². The number of benzene rings is 1. The summed E-state index contributed by atoms with van der Waals surface area (Å²) in [6.07, 6.45) is -0.460. The number of rotatable bonds is 2. The molecule has 2 aliphatic heterocycles. The number of anilines is 1. The maximum atomic E-state index is 12.7. The predicted molar refractivity (Wildman–Crippen MR) is 107 cm³/mol. The molecule has 0 spiro atoms. The molecule has 0 aliphatic carbocycles. The molecule has 0 aromatic heterocycles. The number of hydrogen-bond donors (Lipinski definition) is 0. The molecule has 0 atom stereocenters. The van der Waals surface area contributed by atoms with Gasteiger partial charge in [-0.1, -0.05) is 0 Å². The lowest BCUT2D eigenvalue weighted by Gasteiger charge is -2.41. The second-order valence-corrected chi connectivity index (χ2v) is 9.17. The van der Waals surface area contributed by atoms with E-state index in [9.17, 15) is 18.0 Å². The number of carbonyl (C=O) groups is 1. The molecule has 2 saturated heterocycles. The van der Waals surface area contributed by atoms with E-state index in [-0.39, 0.29) is 6.09 Å². The van der Waals surface area contributed by atoms with Crippen LogP contribution in [0, 0.1) is 11.8 Å². The fourth-order valence-electron chi connectivity index (χ4n) is 4.37. The standard InChI is InChI=1S/C22H31F3N2O2/c1-21(2,3)29-20(28)27-14-10-17(11-15-27)16-8-12-26(13-9-16)19-6-4-18(5-7-19)22(23,24)25/h4-7,16-17H,8-15H2,1-3H3. The van der Waals surface area contributed by atoms with E-state index in [0.717, 1.165) is 69.7 Å². The molecule has 2 aliphatic rings. The number of piperidine rings is 2. The first-order valence-electron chi connectivity index (χ1n) is 10.4. The van der Waals surface area contributed by atoms with Crippen LogP contribution >= 0.6 is 0 Å². The summed E-state index contributed by atoms with van der Waals surface area (Å²) in [7, 11) is 0. The third-order valence-corrected chi connectivity index (χ3v) is 5.96. The number of carbonyl (C=O) groups excluding carboxylic acids is 1. The van der Waals surface area contributed by atoms with Crippen molar-refractivity contribution < 1.29 is 22.7 Å². The summed E-state index contributed by atoms with van der Waals surface area (Å²) in [6, 6.07) is 5.46. The van der Waals surface area contributed by atoms with Crippen LogP contribution in [-0.4, -0.2) is 42.8 Å².